The fourth-order valence-electron chi connectivity index (χ4n) is 4.64. The van der Waals surface area contributed by atoms with Crippen molar-refractivity contribution in [3.05, 3.63) is 95.3 Å². The summed E-state index contributed by atoms with van der Waals surface area (Å²) in [5.41, 5.74) is 1.86. The van der Waals surface area contributed by atoms with Crippen molar-refractivity contribution in [1.82, 2.24) is 9.88 Å². The average molecular weight is 486 g/mol. The van der Waals surface area contributed by atoms with E-state index < -0.39 is 5.82 Å². The summed E-state index contributed by atoms with van der Waals surface area (Å²) in [6, 6.07) is 20.6. The summed E-state index contributed by atoms with van der Waals surface area (Å²) in [6.07, 6.45) is 5.05. The van der Waals surface area contributed by atoms with Crippen molar-refractivity contribution in [2.45, 2.75) is 25.8 Å². The van der Waals surface area contributed by atoms with Crippen LogP contribution in [0.1, 0.15) is 37.1 Å². The van der Waals surface area contributed by atoms with Crippen LogP contribution in [0.25, 0.3) is 16.8 Å². The molecule has 0 radical (unpaired) electrons. The Hall–Kier alpha value is -3.84. The van der Waals surface area contributed by atoms with E-state index in [1.165, 1.54) is 57.7 Å². The van der Waals surface area contributed by atoms with Crippen LogP contribution in [0.4, 0.5) is 15.2 Å². The summed E-state index contributed by atoms with van der Waals surface area (Å²) in [5.74, 6) is -0.919. The Morgan fingerprint density at radius 3 is 2.69 bits per heavy atom. The third kappa shape index (κ3) is 4.59. The Morgan fingerprint density at radius 1 is 1.09 bits per heavy atom. The monoisotopic (exact) mass is 485 g/mol. The molecule has 2 amide bonds. The molecule has 0 N–H and O–H groups in total. The van der Waals surface area contributed by atoms with Crippen LogP contribution < -0.4 is 4.90 Å². The number of rotatable bonds is 5. The molecule has 5 rings (SSSR count). The lowest BCUT2D eigenvalue weighted by Crippen LogP contribution is -2.29. The maximum Gasteiger partial charge on any atom is 0.247 e. The molecule has 1 aromatic heterocycles. The first-order valence-electron chi connectivity index (χ1n) is 11.5. The van der Waals surface area contributed by atoms with Crippen molar-refractivity contribution in [2.75, 3.05) is 11.4 Å². The minimum absolute atomic E-state index is 0.0264. The lowest BCUT2D eigenvalue weighted by molar-refractivity contribution is -0.126. The summed E-state index contributed by atoms with van der Waals surface area (Å²) < 4.78 is 14.3. The second-order valence-corrected chi connectivity index (χ2v) is 9.29. The predicted molar refractivity (Wildman–Crippen MR) is 138 cm³/mol. The number of likely N-dealkylation sites (tertiary alicyclic amines) is 1. The van der Waals surface area contributed by atoms with E-state index in [1.54, 1.807) is 23.6 Å². The van der Waals surface area contributed by atoms with Gasteiger partial charge in [0.15, 0.2) is 5.13 Å². The quantitative estimate of drug-likeness (QED) is 0.303. The van der Waals surface area contributed by atoms with E-state index in [9.17, 15) is 14.0 Å². The molecule has 3 aromatic carbocycles. The van der Waals surface area contributed by atoms with E-state index in [0.29, 0.717) is 17.4 Å². The van der Waals surface area contributed by atoms with E-state index in [2.05, 4.69) is 29.2 Å². The molecule has 1 atom stereocenters. The van der Waals surface area contributed by atoms with Gasteiger partial charge in [-0.15, -0.1) is 11.3 Å². The van der Waals surface area contributed by atoms with Crippen LogP contribution in [0.5, 0.6) is 0 Å². The van der Waals surface area contributed by atoms with Gasteiger partial charge in [-0.3, -0.25) is 14.5 Å². The van der Waals surface area contributed by atoms with Crippen LogP contribution in [0, 0.1) is 5.82 Å². The van der Waals surface area contributed by atoms with Crippen LogP contribution in [0.15, 0.2) is 78.2 Å². The Kier molecular flexibility index (Phi) is 6.42. The SMILES string of the molecule is CC(=O)N(c1nc(/C=C/C(=O)N2CCCC2c2cccc3ccccc23)cs1)c1ccccc1F. The maximum absolute atomic E-state index is 14.3. The molecule has 0 saturated carbocycles. The number of carbonyl (C=O) groups excluding carboxylic acids is 2. The summed E-state index contributed by atoms with van der Waals surface area (Å²) >= 11 is 1.22. The first kappa shape index (κ1) is 22.9. The minimum atomic E-state index is -0.501. The third-order valence-electron chi connectivity index (χ3n) is 6.22. The fourth-order valence-corrected chi connectivity index (χ4v) is 5.49. The second kappa shape index (κ2) is 9.80. The zero-order valence-corrected chi connectivity index (χ0v) is 20.0. The summed E-state index contributed by atoms with van der Waals surface area (Å²) in [5, 5.41) is 4.44. The molecule has 1 saturated heterocycles. The lowest BCUT2D eigenvalue weighted by atomic mass is 9.97. The number of anilines is 2. The van der Waals surface area contributed by atoms with Crippen molar-refractivity contribution in [3.8, 4) is 0 Å². The number of benzene rings is 3. The standard InChI is InChI=1S/C28H24FN3O2S/c1-19(33)32(26-13-5-4-12-24(26)29)28-30-21(18-35-28)15-16-27(34)31-17-7-14-25(31)23-11-6-9-20-8-2-3-10-22(20)23/h2-6,8-13,15-16,18,25H,7,14,17H2,1H3/b16-15+. The zero-order valence-electron chi connectivity index (χ0n) is 19.2. The van der Waals surface area contributed by atoms with Crippen LogP contribution in [0.3, 0.4) is 0 Å². The smallest absolute Gasteiger partial charge is 0.247 e. The molecular formula is C28H24FN3O2S. The number of carbonyl (C=O) groups is 2. The normalized spacial score (nSPS) is 15.7. The third-order valence-corrected chi connectivity index (χ3v) is 7.07. The molecule has 5 nitrogen and oxygen atoms in total. The highest BCUT2D eigenvalue weighted by molar-refractivity contribution is 7.14. The number of amides is 2. The van der Waals surface area contributed by atoms with Gasteiger partial charge < -0.3 is 4.90 Å². The van der Waals surface area contributed by atoms with Crippen molar-refractivity contribution >= 4 is 50.8 Å². The van der Waals surface area contributed by atoms with E-state index in [4.69, 9.17) is 0 Å². The molecule has 2 heterocycles. The number of halogens is 1. The molecule has 1 unspecified atom stereocenters. The number of nitrogens with zero attached hydrogens (tertiary/aromatic N) is 3. The van der Waals surface area contributed by atoms with Crippen LogP contribution >= 0.6 is 11.3 Å². The first-order valence-corrected chi connectivity index (χ1v) is 12.4. The van der Waals surface area contributed by atoms with Gasteiger partial charge >= 0.3 is 0 Å². The van der Waals surface area contributed by atoms with Crippen molar-refractivity contribution in [1.29, 1.82) is 0 Å². The van der Waals surface area contributed by atoms with Gasteiger partial charge in [0.1, 0.15) is 5.82 Å². The predicted octanol–water partition coefficient (Wildman–Crippen LogP) is 6.50. The molecule has 1 aliphatic heterocycles. The van der Waals surface area contributed by atoms with Gasteiger partial charge in [0.25, 0.3) is 0 Å². The Morgan fingerprint density at radius 2 is 1.86 bits per heavy atom. The molecule has 1 fully saturated rings. The van der Waals surface area contributed by atoms with Gasteiger partial charge in [-0.1, -0.05) is 54.6 Å². The van der Waals surface area contributed by atoms with Gasteiger partial charge in [-0.05, 0) is 47.4 Å². The number of para-hydroxylation sites is 1. The first-order chi connectivity index (χ1) is 17.0. The van der Waals surface area contributed by atoms with Crippen LogP contribution in [0.2, 0.25) is 0 Å². The summed E-state index contributed by atoms with van der Waals surface area (Å²) in [4.78, 5) is 33.0. The molecule has 0 spiro atoms. The van der Waals surface area contributed by atoms with Crippen molar-refractivity contribution in [3.63, 3.8) is 0 Å². The highest BCUT2D eigenvalue weighted by Crippen LogP contribution is 2.36. The van der Waals surface area contributed by atoms with Crippen LogP contribution in [-0.2, 0) is 9.59 Å². The molecule has 35 heavy (non-hydrogen) atoms. The van der Waals surface area contributed by atoms with E-state index >= 15 is 0 Å². The Labute approximate surface area is 207 Å². The average Bonchev–Trinajstić information content (AvgIpc) is 3.53. The highest BCUT2D eigenvalue weighted by Gasteiger charge is 2.30. The summed E-state index contributed by atoms with van der Waals surface area (Å²) in [6.45, 7) is 2.07. The zero-order chi connectivity index (χ0) is 24.4. The molecule has 7 heteroatoms. The van der Waals surface area contributed by atoms with E-state index in [1.807, 2.05) is 23.1 Å². The largest absolute Gasteiger partial charge is 0.332 e. The Bertz CT molecular complexity index is 1430. The van der Waals surface area contributed by atoms with Gasteiger partial charge in [0.05, 0.1) is 17.4 Å². The molecule has 0 aliphatic carbocycles. The molecule has 1 aliphatic rings. The Balaban J connectivity index is 1.36. The van der Waals surface area contributed by atoms with Gasteiger partial charge in [0.2, 0.25) is 11.8 Å². The second-order valence-electron chi connectivity index (χ2n) is 8.45. The van der Waals surface area contributed by atoms with Crippen molar-refractivity contribution < 1.29 is 14.0 Å². The van der Waals surface area contributed by atoms with Crippen LogP contribution in [-0.4, -0.2) is 28.2 Å². The molecule has 4 aromatic rings. The summed E-state index contributed by atoms with van der Waals surface area (Å²) in [7, 11) is 0. The number of aromatic nitrogens is 1. The topological polar surface area (TPSA) is 53.5 Å². The number of thiazole rings is 1. The van der Waals surface area contributed by atoms with E-state index in [0.717, 1.165) is 12.8 Å². The number of fused-ring (bicyclic) bond motifs is 1. The lowest BCUT2D eigenvalue weighted by Gasteiger charge is -2.25. The van der Waals surface area contributed by atoms with Crippen molar-refractivity contribution in [2.24, 2.45) is 0 Å². The molecular weight excluding hydrogens is 461 g/mol. The number of hydrogen-bond acceptors (Lipinski definition) is 4. The fraction of sp³-hybridized carbons (Fsp3) is 0.179. The van der Waals surface area contributed by atoms with Gasteiger partial charge in [-0.25, -0.2) is 9.37 Å². The maximum atomic E-state index is 14.3. The molecule has 176 valence electrons. The van der Waals surface area contributed by atoms with Gasteiger partial charge in [-0.2, -0.15) is 0 Å². The molecule has 0 bridgehead atoms. The van der Waals surface area contributed by atoms with Gasteiger partial charge in [0, 0.05) is 24.9 Å². The highest BCUT2D eigenvalue weighted by atomic mass is 32.1. The minimum Gasteiger partial charge on any atom is -0.332 e. The number of hydrogen-bond donors (Lipinski definition) is 0. The van der Waals surface area contributed by atoms with E-state index in [-0.39, 0.29) is 23.5 Å².